The smallest absolute Gasteiger partial charge is 0.319 e. The molecular formula is C20H22N4O4. The van der Waals surface area contributed by atoms with Crippen LogP contribution >= 0.6 is 0 Å². The van der Waals surface area contributed by atoms with E-state index in [9.17, 15) is 19.7 Å². The molecule has 8 heteroatoms. The molecule has 0 aliphatic carbocycles. The Morgan fingerprint density at radius 1 is 1.11 bits per heavy atom. The van der Waals surface area contributed by atoms with Crippen molar-refractivity contribution in [2.24, 2.45) is 0 Å². The highest BCUT2D eigenvalue weighted by atomic mass is 16.6. The number of nitrogens with one attached hydrogen (secondary N) is 3. The predicted molar refractivity (Wildman–Crippen MR) is 110 cm³/mol. The van der Waals surface area contributed by atoms with Crippen LogP contribution in [0.2, 0.25) is 0 Å². The molecule has 0 bridgehead atoms. The van der Waals surface area contributed by atoms with Gasteiger partial charge in [-0.1, -0.05) is 12.1 Å². The molecule has 2 rings (SSSR count). The van der Waals surface area contributed by atoms with Gasteiger partial charge in [-0.25, -0.2) is 4.79 Å². The summed E-state index contributed by atoms with van der Waals surface area (Å²) in [5, 5.41) is 19.2. The van der Waals surface area contributed by atoms with E-state index in [0.29, 0.717) is 22.5 Å². The van der Waals surface area contributed by atoms with E-state index in [2.05, 4.69) is 16.0 Å². The zero-order chi connectivity index (χ0) is 20.7. The molecule has 2 aromatic rings. The van der Waals surface area contributed by atoms with Gasteiger partial charge in [0.25, 0.3) is 5.69 Å². The molecule has 0 saturated heterocycles. The number of amides is 2. The SMILES string of the molecule is CNc1ccc(/C=C/C(=O)c2ccc(NC(=O)NC(C)C)cc2)cc1[N+](=O)[O-]. The molecule has 2 amide bonds. The number of hydrogen-bond donors (Lipinski definition) is 3. The minimum Gasteiger partial charge on any atom is -0.383 e. The number of nitro benzene ring substituents is 1. The highest BCUT2D eigenvalue weighted by Gasteiger charge is 2.12. The lowest BCUT2D eigenvalue weighted by atomic mass is 10.1. The fraction of sp³-hybridized carbons (Fsp3) is 0.200. The second kappa shape index (κ2) is 9.31. The quantitative estimate of drug-likeness (QED) is 0.289. The Morgan fingerprint density at radius 2 is 1.79 bits per heavy atom. The van der Waals surface area contributed by atoms with Gasteiger partial charge in [-0.05, 0) is 55.8 Å². The number of hydrogen-bond acceptors (Lipinski definition) is 5. The molecule has 0 radical (unpaired) electrons. The van der Waals surface area contributed by atoms with Crippen molar-refractivity contribution in [3.05, 3.63) is 69.8 Å². The third kappa shape index (κ3) is 5.66. The summed E-state index contributed by atoms with van der Waals surface area (Å²) in [6.45, 7) is 3.71. The molecule has 2 aromatic carbocycles. The van der Waals surface area contributed by atoms with Crippen molar-refractivity contribution in [3.8, 4) is 0 Å². The van der Waals surface area contributed by atoms with Gasteiger partial charge in [0.05, 0.1) is 4.92 Å². The van der Waals surface area contributed by atoms with Crippen molar-refractivity contribution in [1.29, 1.82) is 0 Å². The topological polar surface area (TPSA) is 113 Å². The van der Waals surface area contributed by atoms with Gasteiger partial charge < -0.3 is 16.0 Å². The predicted octanol–water partition coefficient (Wildman–Crippen LogP) is 4.06. The maximum atomic E-state index is 12.3. The van der Waals surface area contributed by atoms with E-state index in [1.54, 1.807) is 43.4 Å². The maximum Gasteiger partial charge on any atom is 0.319 e. The first-order valence-electron chi connectivity index (χ1n) is 8.66. The summed E-state index contributed by atoms with van der Waals surface area (Å²) in [7, 11) is 1.60. The number of benzene rings is 2. The van der Waals surface area contributed by atoms with Crippen LogP contribution in [0.5, 0.6) is 0 Å². The van der Waals surface area contributed by atoms with E-state index in [1.165, 1.54) is 18.2 Å². The van der Waals surface area contributed by atoms with Crippen LogP contribution in [-0.4, -0.2) is 29.8 Å². The number of anilines is 2. The Hall–Kier alpha value is -3.68. The molecule has 0 unspecified atom stereocenters. The Balaban J connectivity index is 2.07. The second-order valence-corrected chi connectivity index (χ2v) is 6.31. The van der Waals surface area contributed by atoms with E-state index >= 15 is 0 Å². The first-order chi connectivity index (χ1) is 13.3. The molecule has 146 valence electrons. The Bertz CT molecular complexity index is 905. The van der Waals surface area contributed by atoms with Crippen molar-refractivity contribution in [3.63, 3.8) is 0 Å². The van der Waals surface area contributed by atoms with Crippen LogP contribution in [0, 0.1) is 10.1 Å². The summed E-state index contributed by atoms with van der Waals surface area (Å²) in [6.07, 6.45) is 2.88. The number of ketones is 1. The van der Waals surface area contributed by atoms with Crippen LogP contribution < -0.4 is 16.0 Å². The molecular weight excluding hydrogens is 360 g/mol. The molecule has 0 fully saturated rings. The maximum absolute atomic E-state index is 12.3. The Morgan fingerprint density at radius 3 is 2.36 bits per heavy atom. The fourth-order valence-corrected chi connectivity index (χ4v) is 2.43. The minimum absolute atomic E-state index is 0.0176. The highest BCUT2D eigenvalue weighted by Crippen LogP contribution is 2.25. The van der Waals surface area contributed by atoms with Gasteiger partial charge in [-0.2, -0.15) is 0 Å². The average molecular weight is 382 g/mol. The van der Waals surface area contributed by atoms with Crippen molar-refractivity contribution in [2.75, 3.05) is 17.7 Å². The van der Waals surface area contributed by atoms with Crippen molar-refractivity contribution >= 4 is 35.0 Å². The van der Waals surface area contributed by atoms with Gasteiger partial charge in [-0.15, -0.1) is 0 Å². The molecule has 0 aromatic heterocycles. The zero-order valence-corrected chi connectivity index (χ0v) is 15.9. The largest absolute Gasteiger partial charge is 0.383 e. The zero-order valence-electron chi connectivity index (χ0n) is 15.9. The molecule has 0 spiro atoms. The standard InChI is InChI=1S/C20H22N4O4/c1-13(2)22-20(26)23-16-8-6-15(7-9-16)19(25)11-5-14-4-10-17(21-3)18(12-14)24(27)28/h4-13,21H,1-3H3,(H2,22,23,26)/b11-5+. The third-order valence-corrected chi connectivity index (χ3v) is 3.76. The van der Waals surface area contributed by atoms with Gasteiger partial charge in [0.1, 0.15) is 5.69 Å². The number of urea groups is 1. The van der Waals surface area contributed by atoms with Crippen LogP contribution in [0.3, 0.4) is 0 Å². The molecule has 0 saturated carbocycles. The number of nitrogens with zero attached hydrogens (tertiary/aromatic N) is 1. The van der Waals surface area contributed by atoms with Crippen molar-refractivity contribution in [1.82, 2.24) is 5.32 Å². The molecule has 0 aliphatic heterocycles. The lowest BCUT2D eigenvalue weighted by molar-refractivity contribution is -0.384. The van der Waals surface area contributed by atoms with Gasteiger partial charge in [-0.3, -0.25) is 14.9 Å². The fourth-order valence-electron chi connectivity index (χ4n) is 2.43. The number of rotatable bonds is 7. The van der Waals surface area contributed by atoms with E-state index in [-0.39, 0.29) is 23.5 Å². The van der Waals surface area contributed by atoms with Gasteiger partial charge in [0.2, 0.25) is 0 Å². The van der Waals surface area contributed by atoms with Crippen molar-refractivity contribution < 1.29 is 14.5 Å². The summed E-state index contributed by atoms with van der Waals surface area (Å²) in [5.41, 5.74) is 1.89. The van der Waals surface area contributed by atoms with Crippen LogP contribution in [0.4, 0.5) is 21.9 Å². The first-order valence-corrected chi connectivity index (χ1v) is 8.66. The van der Waals surface area contributed by atoms with Crippen LogP contribution in [-0.2, 0) is 0 Å². The molecule has 28 heavy (non-hydrogen) atoms. The Labute approximate surface area is 162 Å². The number of carbonyl (C=O) groups is 2. The van der Waals surface area contributed by atoms with E-state index < -0.39 is 4.92 Å². The number of allylic oxidation sites excluding steroid dienone is 1. The van der Waals surface area contributed by atoms with E-state index in [1.807, 2.05) is 13.8 Å². The van der Waals surface area contributed by atoms with Crippen LogP contribution in [0.1, 0.15) is 29.8 Å². The van der Waals surface area contributed by atoms with Gasteiger partial charge >= 0.3 is 6.03 Å². The number of carbonyl (C=O) groups excluding carboxylic acids is 2. The summed E-state index contributed by atoms with van der Waals surface area (Å²) < 4.78 is 0. The molecule has 8 nitrogen and oxygen atoms in total. The summed E-state index contributed by atoms with van der Waals surface area (Å²) in [5.74, 6) is -0.251. The van der Waals surface area contributed by atoms with Crippen LogP contribution in [0.25, 0.3) is 6.08 Å². The van der Waals surface area contributed by atoms with Crippen LogP contribution in [0.15, 0.2) is 48.5 Å². The van der Waals surface area contributed by atoms with Gasteiger partial charge in [0, 0.05) is 30.4 Å². The number of nitro groups is 1. The molecule has 0 atom stereocenters. The highest BCUT2D eigenvalue weighted by molar-refractivity contribution is 6.07. The van der Waals surface area contributed by atoms with Gasteiger partial charge in [0.15, 0.2) is 5.78 Å². The van der Waals surface area contributed by atoms with E-state index in [0.717, 1.165) is 0 Å². The Kier molecular flexibility index (Phi) is 6.86. The monoisotopic (exact) mass is 382 g/mol. The summed E-state index contributed by atoms with van der Waals surface area (Å²) in [6, 6.07) is 10.8. The summed E-state index contributed by atoms with van der Waals surface area (Å²) >= 11 is 0. The molecule has 0 aliphatic rings. The molecule has 3 N–H and O–H groups in total. The first kappa shape index (κ1) is 20.6. The lowest BCUT2D eigenvalue weighted by Crippen LogP contribution is -2.34. The second-order valence-electron chi connectivity index (χ2n) is 6.31. The van der Waals surface area contributed by atoms with Crippen molar-refractivity contribution in [2.45, 2.75) is 19.9 Å². The average Bonchev–Trinajstić information content (AvgIpc) is 2.65. The minimum atomic E-state index is -0.480. The lowest BCUT2D eigenvalue weighted by Gasteiger charge is -2.10. The van der Waals surface area contributed by atoms with E-state index in [4.69, 9.17) is 0 Å². The third-order valence-electron chi connectivity index (χ3n) is 3.76. The normalized spacial score (nSPS) is 10.7. The summed E-state index contributed by atoms with van der Waals surface area (Å²) in [4.78, 5) is 34.6. The molecule has 0 heterocycles.